The minimum absolute atomic E-state index is 0.109. The van der Waals surface area contributed by atoms with Crippen molar-refractivity contribution in [3.8, 4) is 6.07 Å². The molecule has 0 radical (unpaired) electrons. The van der Waals surface area contributed by atoms with Gasteiger partial charge in [-0.1, -0.05) is 44.5 Å². The topological polar surface area (TPSA) is 52.9 Å². The maximum Gasteiger partial charge on any atom is 0.235 e. The molecule has 0 bridgehead atoms. The predicted molar refractivity (Wildman–Crippen MR) is 115 cm³/mol. The van der Waals surface area contributed by atoms with Crippen molar-refractivity contribution >= 4 is 45.6 Å². The number of benzene rings is 1. The lowest BCUT2D eigenvalue weighted by atomic mass is 9.72. The third-order valence-corrected chi connectivity index (χ3v) is 7.74. The third-order valence-electron chi connectivity index (χ3n) is 5.05. The summed E-state index contributed by atoms with van der Waals surface area (Å²) < 4.78 is 0. The maximum absolute atomic E-state index is 12.4. The molecule has 0 spiro atoms. The second-order valence-corrected chi connectivity index (χ2v) is 10.4. The molecule has 1 atom stereocenters. The van der Waals surface area contributed by atoms with Crippen LogP contribution in [0.25, 0.3) is 0 Å². The molecule has 1 amide bonds. The average molecular weight is 419 g/mol. The number of rotatable bonds is 4. The van der Waals surface area contributed by atoms with Crippen molar-refractivity contribution in [2.45, 2.75) is 44.9 Å². The van der Waals surface area contributed by atoms with Gasteiger partial charge in [0.05, 0.1) is 16.3 Å². The molecule has 1 aromatic heterocycles. The fraction of sp³-hybridized carbons (Fsp3) is 0.429. The Balaban J connectivity index is 1.71. The molecule has 27 heavy (non-hydrogen) atoms. The molecule has 3 nitrogen and oxygen atoms in total. The molecule has 1 aliphatic carbocycles. The van der Waals surface area contributed by atoms with Crippen LogP contribution in [0.1, 0.15) is 43.2 Å². The van der Waals surface area contributed by atoms with Crippen LogP contribution in [0.5, 0.6) is 0 Å². The molecule has 1 aromatic carbocycles. The van der Waals surface area contributed by atoms with E-state index in [1.54, 1.807) is 11.3 Å². The number of halogens is 1. The van der Waals surface area contributed by atoms with Crippen molar-refractivity contribution in [2.75, 3.05) is 11.1 Å². The number of nitriles is 1. The SMILES string of the molecule is CC(C)(C)[C@H]1CCc2c(sc(NC(=O)CSc3ccccc3Cl)c2C#N)C1. The van der Waals surface area contributed by atoms with Crippen molar-refractivity contribution in [1.29, 1.82) is 5.26 Å². The van der Waals surface area contributed by atoms with Crippen LogP contribution in [-0.2, 0) is 17.6 Å². The molecule has 6 heteroatoms. The zero-order valence-electron chi connectivity index (χ0n) is 15.8. The van der Waals surface area contributed by atoms with E-state index in [1.165, 1.54) is 16.6 Å². The summed E-state index contributed by atoms with van der Waals surface area (Å²) in [7, 11) is 0. The van der Waals surface area contributed by atoms with Gasteiger partial charge in [0.1, 0.15) is 11.1 Å². The first-order chi connectivity index (χ1) is 12.8. The van der Waals surface area contributed by atoms with Gasteiger partial charge in [-0.3, -0.25) is 4.79 Å². The monoisotopic (exact) mass is 418 g/mol. The first-order valence-electron chi connectivity index (χ1n) is 9.01. The standard InChI is InChI=1S/C21H23ClN2OS2/c1-21(2,3)13-8-9-14-15(11-23)20(27-18(14)10-13)24-19(25)12-26-17-7-5-4-6-16(17)22/h4-7,13H,8-10,12H2,1-3H3,(H,24,25)/t13-/m0/s1. The summed E-state index contributed by atoms with van der Waals surface area (Å²) in [6.07, 6.45) is 3.00. The van der Waals surface area contributed by atoms with Crippen molar-refractivity contribution in [1.82, 2.24) is 0 Å². The maximum atomic E-state index is 12.4. The average Bonchev–Trinajstić information content (AvgIpc) is 2.96. The Morgan fingerprint density at radius 1 is 1.41 bits per heavy atom. The number of amides is 1. The number of thioether (sulfide) groups is 1. The molecule has 142 valence electrons. The first kappa shape index (κ1) is 20.3. The van der Waals surface area contributed by atoms with Crippen molar-refractivity contribution in [3.63, 3.8) is 0 Å². The molecular formula is C21H23ClN2OS2. The Hall–Kier alpha value is -1.48. The molecule has 1 heterocycles. The van der Waals surface area contributed by atoms with E-state index in [-0.39, 0.29) is 17.1 Å². The number of nitrogens with zero attached hydrogens (tertiary/aromatic N) is 1. The van der Waals surface area contributed by atoms with E-state index in [0.29, 0.717) is 21.5 Å². The van der Waals surface area contributed by atoms with E-state index < -0.39 is 0 Å². The second kappa shape index (κ2) is 8.26. The lowest BCUT2D eigenvalue weighted by Crippen LogP contribution is -2.26. The van der Waals surface area contributed by atoms with E-state index in [0.717, 1.165) is 29.7 Å². The van der Waals surface area contributed by atoms with Gasteiger partial charge in [-0.25, -0.2) is 0 Å². The Labute approximate surface area is 174 Å². The number of hydrogen-bond donors (Lipinski definition) is 1. The molecule has 1 N–H and O–H groups in total. The minimum Gasteiger partial charge on any atom is -0.316 e. The van der Waals surface area contributed by atoms with Crippen LogP contribution in [0, 0.1) is 22.7 Å². The molecule has 0 saturated carbocycles. The number of fused-ring (bicyclic) bond motifs is 1. The highest BCUT2D eigenvalue weighted by Crippen LogP contribution is 2.44. The summed E-state index contributed by atoms with van der Waals surface area (Å²) in [6.45, 7) is 6.82. The molecule has 0 saturated heterocycles. The Kier molecular flexibility index (Phi) is 6.20. The van der Waals surface area contributed by atoms with E-state index in [2.05, 4.69) is 32.2 Å². The van der Waals surface area contributed by atoms with Crippen LogP contribution in [-0.4, -0.2) is 11.7 Å². The molecular weight excluding hydrogens is 396 g/mol. The number of carbonyl (C=O) groups is 1. The highest BCUT2D eigenvalue weighted by atomic mass is 35.5. The summed E-state index contributed by atoms with van der Waals surface area (Å²) in [5.74, 6) is 0.763. The minimum atomic E-state index is -0.109. The van der Waals surface area contributed by atoms with Gasteiger partial charge in [0, 0.05) is 9.77 Å². The zero-order chi connectivity index (χ0) is 19.6. The molecule has 0 unspecified atom stereocenters. The summed E-state index contributed by atoms with van der Waals surface area (Å²) in [6, 6.07) is 9.80. The van der Waals surface area contributed by atoms with Gasteiger partial charge in [0.2, 0.25) is 5.91 Å². The Morgan fingerprint density at radius 2 is 2.15 bits per heavy atom. The van der Waals surface area contributed by atoms with Gasteiger partial charge in [0.25, 0.3) is 0 Å². The van der Waals surface area contributed by atoms with Crippen molar-refractivity contribution in [2.24, 2.45) is 11.3 Å². The highest BCUT2D eigenvalue weighted by molar-refractivity contribution is 8.00. The quantitative estimate of drug-likeness (QED) is 0.605. The number of thiophene rings is 1. The zero-order valence-corrected chi connectivity index (χ0v) is 18.2. The van der Waals surface area contributed by atoms with E-state index in [4.69, 9.17) is 11.6 Å². The van der Waals surface area contributed by atoms with Gasteiger partial charge in [-0.2, -0.15) is 5.26 Å². The Morgan fingerprint density at radius 3 is 2.81 bits per heavy atom. The van der Waals surface area contributed by atoms with Crippen LogP contribution in [0.2, 0.25) is 5.02 Å². The number of anilines is 1. The van der Waals surface area contributed by atoms with E-state index in [9.17, 15) is 10.1 Å². The van der Waals surface area contributed by atoms with Crippen molar-refractivity contribution in [3.05, 3.63) is 45.3 Å². The van der Waals surface area contributed by atoms with Crippen LogP contribution in [0.3, 0.4) is 0 Å². The number of nitrogens with one attached hydrogen (secondary N) is 1. The van der Waals surface area contributed by atoms with E-state index in [1.807, 2.05) is 24.3 Å². The summed E-state index contributed by atoms with van der Waals surface area (Å²) in [5, 5.41) is 13.9. The molecule has 1 aliphatic rings. The number of hydrogen-bond acceptors (Lipinski definition) is 4. The van der Waals surface area contributed by atoms with Crippen LogP contribution >= 0.6 is 34.7 Å². The van der Waals surface area contributed by atoms with Crippen LogP contribution in [0.15, 0.2) is 29.2 Å². The lowest BCUT2D eigenvalue weighted by Gasteiger charge is -2.33. The largest absolute Gasteiger partial charge is 0.316 e. The van der Waals surface area contributed by atoms with Gasteiger partial charge in [-0.05, 0) is 48.3 Å². The summed E-state index contributed by atoms with van der Waals surface area (Å²) in [5.41, 5.74) is 2.04. The fourth-order valence-corrected chi connectivity index (χ4v) is 5.73. The molecule has 0 aliphatic heterocycles. The van der Waals surface area contributed by atoms with E-state index >= 15 is 0 Å². The lowest BCUT2D eigenvalue weighted by molar-refractivity contribution is -0.113. The smallest absolute Gasteiger partial charge is 0.235 e. The van der Waals surface area contributed by atoms with Crippen molar-refractivity contribution < 1.29 is 4.79 Å². The second-order valence-electron chi connectivity index (χ2n) is 7.89. The normalized spacial score (nSPS) is 16.5. The summed E-state index contributed by atoms with van der Waals surface area (Å²) in [4.78, 5) is 14.6. The third kappa shape index (κ3) is 4.68. The van der Waals surface area contributed by atoms with Crippen LogP contribution < -0.4 is 5.32 Å². The molecule has 2 aromatic rings. The molecule has 0 fully saturated rings. The highest BCUT2D eigenvalue weighted by Gasteiger charge is 2.32. The molecule has 3 rings (SSSR count). The Bertz CT molecular complexity index is 893. The first-order valence-corrected chi connectivity index (χ1v) is 11.2. The van der Waals surface area contributed by atoms with Gasteiger partial charge >= 0.3 is 0 Å². The fourth-order valence-electron chi connectivity index (χ4n) is 3.40. The van der Waals surface area contributed by atoms with Gasteiger partial charge in [0.15, 0.2) is 0 Å². The van der Waals surface area contributed by atoms with Gasteiger partial charge in [-0.15, -0.1) is 23.1 Å². The van der Waals surface area contributed by atoms with Gasteiger partial charge < -0.3 is 5.32 Å². The summed E-state index contributed by atoms with van der Waals surface area (Å²) >= 11 is 9.12. The van der Waals surface area contributed by atoms with Crippen LogP contribution in [0.4, 0.5) is 5.00 Å². The predicted octanol–water partition coefficient (Wildman–Crippen LogP) is 6.15. The number of carbonyl (C=O) groups excluding carboxylic acids is 1.